The molecule has 200 valence electrons. The molecular formula is C26H50N3O5-. The van der Waals surface area contributed by atoms with Crippen molar-refractivity contribution in [1.82, 2.24) is 5.43 Å². The fourth-order valence-corrected chi connectivity index (χ4v) is 3.68. The van der Waals surface area contributed by atoms with Gasteiger partial charge in [0.2, 0.25) is 0 Å². The first kappa shape index (κ1) is 32.5. The summed E-state index contributed by atoms with van der Waals surface area (Å²) in [6.07, 6.45) is 18.3. The highest BCUT2D eigenvalue weighted by molar-refractivity contribution is 5.79. The van der Waals surface area contributed by atoms with Crippen LogP contribution in [0.15, 0.2) is 0 Å². The maximum absolute atomic E-state index is 12.0. The fourth-order valence-electron chi connectivity index (χ4n) is 3.68. The zero-order valence-electron chi connectivity index (χ0n) is 21.7. The molecule has 0 aliphatic rings. The van der Waals surface area contributed by atoms with E-state index in [9.17, 15) is 14.4 Å². The Labute approximate surface area is 207 Å². The Morgan fingerprint density at radius 1 is 0.882 bits per heavy atom. The van der Waals surface area contributed by atoms with Gasteiger partial charge in [0.25, 0.3) is 5.97 Å². The number of nitrogens with zero attached hydrogens (tertiary/aromatic N) is 1. The van der Waals surface area contributed by atoms with Crippen LogP contribution >= 0.6 is 0 Å². The average Bonchev–Trinajstić information content (AvgIpc) is 2.85. The monoisotopic (exact) mass is 484 g/mol. The Balaban J connectivity index is 3.85. The van der Waals surface area contributed by atoms with E-state index in [1.807, 2.05) is 0 Å². The molecule has 0 aromatic carbocycles. The van der Waals surface area contributed by atoms with Crippen molar-refractivity contribution in [2.45, 2.75) is 128 Å². The summed E-state index contributed by atoms with van der Waals surface area (Å²) in [5.41, 5.74) is 12.3. The van der Waals surface area contributed by atoms with Crippen LogP contribution in [0, 0.1) is 0 Å². The van der Waals surface area contributed by atoms with Crippen LogP contribution in [-0.2, 0) is 23.9 Å². The summed E-state index contributed by atoms with van der Waals surface area (Å²) in [5.74, 6) is -0.894. The first-order chi connectivity index (χ1) is 16.6. The number of esters is 2. The minimum absolute atomic E-state index is 0.0716. The van der Waals surface area contributed by atoms with Gasteiger partial charge < -0.3 is 30.9 Å². The molecule has 0 saturated heterocycles. The van der Waals surface area contributed by atoms with E-state index in [0.717, 1.165) is 32.0 Å². The number of nitrogens with one attached hydrogen (secondary N) is 1. The lowest BCUT2D eigenvalue weighted by Crippen LogP contribution is -2.34. The normalized spacial score (nSPS) is 12.8. The van der Waals surface area contributed by atoms with E-state index in [1.54, 1.807) is 0 Å². The minimum atomic E-state index is -0.860. The third-order valence-electron chi connectivity index (χ3n) is 5.89. The van der Waals surface area contributed by atoms with Gasteiger partial charge in [0, 0.05) is 12.5 Å². The number of ether oxygens (including phenoxy) is 2. The molecule has 0 spiro atoms. The first-order valence-electron chi connectivity index (χ1n) is 13.4. The van der Waals surface area contributed by atoms with Crippen molar-refractivity contribution < 1.29 is 23.9 Å². The molecule has 8 heteroatoms. The predicted octanol–water partition coefficient (Wildman–Crippen LogP) is 5.13. The highest BCUT2D eigenvalue weighted by Gasteiger charge is 2.14. The first-order valence-corrected chi connectivity index (χ1v) is 13.4. The standard InChI is InChI=1S/C26H50N3O5/c1-3-4-5-6-7-8-9-10-11-12-13-16-21-34-25(31)19-18-24(26(32)33-2)29-28-23(22-30)17-14-15-20-27/h22-24,28H,3-21,27H2,1-2H3/q-1/t23-,24?/m1/s1. The number of methoxy groups -OCH3 is 1. The number of unbranched alkanes of at least 4 members (excludes halogenated alkanes) is 12. The van der Waals surface area contributed by atoms with Gasteiger partial charge in [-0.15, -0.1) is 0 Å². The summed E-state index contributed by atoms with van der Waals surface area (Å²) < 4.78 is 10.1. The molecule has 0 heterocycles. The van der Waals surface area contributed by atoms with Crippen LogP contribution in [0.1, 0.15) is 116 Å². The van der Waals surface area contributed by atoms with Gasteiger partial charge in [-0.3, -0.25) is 9.59 Å². The molecule has 8 nitrogen and oxygen atoms in total. The van der Waals surface area contributed by atoms with Gasteiger partial charge in [0.05, 0.1) is 13.7 Å². The molecule has 0 amide bonds. The van der Waals surface area contributed by atoms with Gasteiger partial charge in [0.1, 0.15) is 6.29 Å². The lowest BCUT2D eigenvalue weighted by atomic mass is 10.1. The van der Waals surface area contributed by atoms with E-state index >= 15 is 0 Å². The second-order valence-electron chi connectivity index (χ2n) is 8.97. The van der Waals surface area contributed by atoms with E-state index < -0.39 is 18.1 Å². The summed E-state index contributed by atoms with van der Waals surface area (Å²) in [5, 5.41) is 0. The molecule has 2 atom stereocenters. The topological polar surface area (TPSA) is 122 Å². The molecule has 34 heavy (non-hydrogen) atoms. The summed E-state index contributed by atoms with van der Waals surface area (Å²) in [6.45, 7) is 3.22. The lowest BCUT2D eigenvalue weighted by Gasteiger charge is -2.33. The Morgan fingerprint density at radius 3 is 2.00 bits per heavy atom. The second kappa shape index (κ2) is 24.6. The van der Waals surface area contributed by atoms with Crippen molar-refractivity contribution in [1.29, 1.82) is 0 Å². The van der Waals surface area contributed by atoms with Crippen LogP contribution in [0.5, 0.6) is 0 Å². The molecule has 0 radical (unpaired) electrons. The molecular weight excluding hydrogens is 434 g/mol. The van der Waals surface area contributed by atoms with E-state index in [0.29, 0.717) is 19.6 Å². The van der Waals surface area contributed by atoms with E-state index in [2.05, 4.69) is 17.8 Å². The molecule has 0 rings (SSSR count). The summed E-state index contributed by atoms with van der Waals surface area (Å²) in [4.78, 5) is 35.2. The zero-order chi connectivity index (χ0) is 25.3. The summed E-state index contributed by atoms with van der Waals surface area (Å²) in [6, 6.07) is -1.35. The minimum Gasteiger partial charge on any atom is -0.585 e. The zero-order valence-corrected chi connectivity index (χ0v) is 21.7. The summed E-state index contributed by atoms with van der Waals surface area (Å²) in [7, 11) is 1.27. The number of aldehydes is 1. The molecule has 0 aliphatic carbocycles. The van der Waals surface area contributed by atoms with Crippen molar-refractivity contribution in [2.24, 2.45) is 5.73 Å². The maximum Gasteiger partial charge on any atom is 0.305 e. The van der Waals surface area contributed by atoms with E-state index in [4.69, 9.17) is 15.2 Å². The van der Waals surface area contributed by atoms with Crippen molar-refractivity contribution >= 4 is 18.2 Å². The van der Waals surface area contributed by atoms with Crippen LogP contribution in [0.25, 0.3) is 5.43 Å². The molecule has 0 fully saturated rings. The molecule has 1 unspecified atom stereocenters. The maximum atomic E-state index is 12.0. The van der Waals surface area contributed by atoms with Gasteiger partial charge in [-0.05, 0) is 38.3 Å². The number of carbonyl (C=O) groups is 3. The third kappa shape index (κ3) is 19.9. The Bertz CT molecular complexity index is 505. The number of nitrogens with two attached hydrogens (primary N) is 1. The van der Waals surface area contributed by atoms with Crippen LogP contribution in [0.4, 0.5) is 0 Å². The molecule has 0 aromatic heterocycles. The van der Waals surface area contributed by atoms with Gasteiger partial charge in [0.15, 0.2) is 0 Å². The van der Waals surface area contributed by atoms with Gasteiger partial charge >= 0.3 is 5.97 Å². The summed E-state index contributed by atoms with van der Waals surface area (Å²) >= 11 is 0. The van der Waals surface area contributed by atoms with E-state index in [-0.39, 0.29) is 18.8 Å². The predicted molar refractivity (Wildman–Crippen MR) is 136 cm³/mol. The number of hydrogen-bond acceptors (Lipinski definition) is 7. The highest BCUT2D eigenvalue weighted by Crippen LogP contribution is 2.13. The Hall–Kier alpha value is -1.51. The number of rotatable bonds is 25. The molecule has 0 bridgehead atoms. The van der Waals surface area contributed by atoms with Gasteiger partial charge in [-0.2, -0.15) is 0 Å². The van der Waals surface area contributed by atoms with Crippen LogP contribution < -0.4 is 11.2 Å². The van der Waals surface area contributed by atoms with E-state index in [1.165, 1.54) is 71.3 Å². The van der Waals surface area contributed by atoms with Crippen LogP contribution in [0.2, 0.25) is 0 Å². The van der Waals surface area contributed by atoms with Crippen LogP contribution in [0.3, 0.4) is 0 Å². The molecule has 0 aliphatic heterocycles. The van der Waals surface area contributed by atoms with Crippen molar-refractivity contribution in [3.63, 3.8) is 0 Å². The van der Waals surface area contributed by atoms with Crippen LogP contribution in [-0.4, -0.2) is 50.6 Å². The van der Waals surface area contributed by atoms with Crippen molar-refractivity contribution in [3.8, 4) is 0 Å². The Kier molecular flexibility index (Phi) is 23.5. The average molecular weight is 485 g/mol. The molecule has 0 aromatic rings. The Morgan fingerprint density at radius 2 is 1.47 bits per heavy atom. The highest BCUT2D eigenvalue weighted by atomic mass is 16.5. The number of carbonyl (C=O) groups excluding carboxylic acids is 3. The lowest BCUT2D eigenvalue weighted by molar-refractivity contribution is -0.145. The van der Waals surface area contributed by atoms with Gasteiger partial charge in [-0.25, -0.2) is 0 Å². The number of hydrogen-bond donors (Lipinski definition) is 2. The second-order valence-corrected chi connectivity index (χ2v) is 8.97. The fraction of sp³-hybridized carbons (Fsp3) is 0.885. The third-order valence-corrected chi connectivity index (χ3v) is 5.89. The van der Waals surface area contributed by atoms with Crippen molar-refractivity contribution in [2.75, 3.05) is 20.3 Å². The largest absolute Gasteiger partial charge is 0.585 e. The SMILES string of the molecule is CCCCCCCCCCCCCCOC(=O)CCC([N-]N[C@@H](C=O)CCCCN)C(=O)OC. The molecule has 0 saturated carbocycles. The quantitative estimate of drug-likeness (QED) is 0.0797. The smallest absolute Gasteiger partial charge is 0.305 e. The van der Waals surface area contributed by atoms with Gasteiger partial charge in [-0.1, -0.05) is 84.0 Å². The molecule has 3 N–H and O–H groups in total. The van der Waals surface area contributed by atoms with Crippen molar-refractivity contribution in [3.05, 3.63) is 5.43 Å².